The summed E-state index contributed by atoms with van der Waals surface area (Å²) in [5.74, 6) is 1.05. The van der Waals surface area contributed by atoms with Crippen molar-refractivity contribution >= 4 is 33.3 Å². The van der Waals surface area contributed by atoms with Crippen molar-refractivity contribution in [2.75, 3.05) is 5.73 Å². The van der Waals surface area contributed by atoms with E-state index in [1.807, 2.05) is 19.1 Å². The highest BCUT2D eigenvalue weighted by Crippen LogP contribution is 2.25. The second kappa shape index (κ2) is 4.39. The number of hydrogen-bond donors (Lipinski definition) is 1. The summed E-state index contributed by atoms with van der Waals surface area (Å²) in [5, 5.41) is 0.686. The van der Waals surface area contributed by atoms with Crippen LogP contribution in [0.1, 0.15) is 5.69 Å². The Morgan fingerprint density at radius 3 is 2.38 bits per heavy atom. The number of nitrogens with two attached hydrogens (primary N) is 1. The van der Waals surface area contributed by atoms with Gasteiger partial charge in [-0.15, -0.1) is 0 Å². The molecule has 0 spiro atoms. The first-order chi connectivity index (χ1) is 7.58. The second-order valence-electron chi connectivity index (χ2n) is 3.34. The lowest BCUT2D eigenvalue weighted by Gasteiger charge is -2.05. The Bertz CT molecular complexity index is 502. The van der Waals surface area contributed by atoms with Gasteiger partial charge in [-0.1, -0.05) is 11.6 Å². The van der Waals surface area contributed by atoms with Gasteiger partial charge in [0.1, 0.15) is 5.82 Å². The highest BCUT2D eigenvalue weighted by Gasteiger charge is 2.07. The van der Waals surface area contributed by atoms with E-state index < -0.39 is 0 Å². The highest BCUT2D eigenvalue weighted by molar-refractivity contribution is 9.10. The highest BCUT2D eigenvalue weighted by atomic mass is 79.9. The molecule has 0 bridgehead atoms. The molecule has 0 aliphatic heterocycles. The summed E-state index contributed by atoms with van der Waals surface area (Å²) in [6.07, 6.45) is 0. The van der Waals surface area contributed by atoms with Gasteiger partial charge in [-0.05, 0) is 47.1 Å². The monoisotopic (exact) mass is 297 g/mol. The van der Waals surface area contributed by atoms with Crippen molar-refractivity contribution in [2.45, 2.75) is 6.92 Å². The molecule has 0 saturated carbocycles. The summed E-state index contributed by atoms with van der Waals surface area (Å²) < 4.78 is 0.741. The van der Waals surface area contributed by atoms with Crippen molar-refractivity contribution in [3.05, 3.63) is 39.5 Å². The summed E-state index contributed by atoms with van der Waals surface area (Å²) in [4.78, 5) is 8.56. The van der Waals surface area contributed by atoms with Gasteiger partial charge in [-0.25, -0.2) is 9.97 Å². The van der Waals surface area contributed by atoms with Gasteiger partial charge >= 0.3 is 0 Å². The standard InChI is InChI=1S/C11H9BrClN3/c1-6-9(12)10(14)16-11(15-6)7-2-4-8(13)5-3-7/h2-5H,1H3,(H2,14,15,16). The largest absolute Gasteiger partial charge is 0.383 e. The Balaban J connectivity index is 2.52. The zero-order chi connectivity index (χ0) is 11.7. The van der Waals surface area contributed by atoms with Crippen LogP contribution >= 0.6 is 27.5 Å². The molecule has 0 unspecified atom stereocenters. The molecule has 3 nitrogen and oxygen atoms in total. The number of hydrogen-bond acceptors (Lipinski definition) is 3. The van der Waals surface area contributed by atoms with E-state index in [4.69, 9.17) is 17.3 Å². The molecular formula is C11H9BrClN3. The van der Waals surface area contributed by atoms with Crippen molar-refractivity contribution in [3.63, 3.8) is 0 Å². The first kappa shape index (κ1) is 11.4. The second-order valence-corrected chi connectivity index (χ2v) is 4.57. The van der Waals surface area contributed by atoms with E-state index >= 15 is 0 Å². The maximum Gasteiger partial charge on any atom is 0.161 e. The van der Waals surface area contributed by atoms with E-state index in [0.29, 0.717) is 16.7 Å². The van der Waals surface area contributed by atoms with E-state index in [1.54, 1.807) is 12.1 Å². The van der Waals surface area contributed by atoms with Crippen molar-refractivity contribution in [2.24, 2.45) is 0 Å². The van der Waals surface area contributed by atoms with Gasteiger partial charge in [0.25, 0.3) is 0 Å². The zero-order valence-electron chi connectivity index (χ0n) is 8.54. The molecule has 5 heteroatoms. The molecular weight excluding hydrogens is 289 g/mol. The van der Waals surface area contributed by atoms with Gasteiger partial charge < -0.3 is 5.73 Å². The molecule has 1 aromatic heterocycles. The predicted octanol–water partition coefficient (Wildman–Crippen LogP) is 3.45. The fraction of sp³-hybridized carbons (Fsp3) is 0.0909. The van der Waals surface area contributed by atoms with E-state index in [0.717, 1.165) is 15.7 Å². The van der Waals surface area contributed by atoms with Gasteiger partial charge in [-0.3, -0.25) is 0 Å². The van der Waals surface area contributed by atoms with Crippen LogP contribution in [0.25, 0.3) is 11.4 Å². The first-order valence-electron chi connectivity index (χ1n) is 4.63. The normalized spacial score (nSPS) is 10.4. The minimum absolute atomic E-state index is 0.442. The molecule has 0 saturated heterocycles. The summed E-state index contributed by atoms with van der Waals surface area (Å²) in [6, 6.07) is 7.33. The quantitative estimate of drug-likeness (QED) is 0.877. The van der Waals surface area contributed by atoms with Crippen LogP contribution in [0.5, 0.6) is 0 Å². The molecule has 82 valence electrons. The van der Waals surface area contributed by atoms with Crippen LogP contribution in [0.15, 0.2) is 28.7 Å². The van der Waals surface area contributed by atoms with Crippen molar-refractivity contribution < 1.29 is 0 Å². The van der Waals surface area contributed by atoms with Crippen molar-refractivity contribution in [3.8, 4) is 11.4 Å². The van der Waals surface area contributed by atoms with Gasteiger partial charge in [0.05, 0.1) is 10.2 Å². The number of anilines is 1. The van der Waals surface area contributed by atoms with Crippen molar-refractivity contribution in [1.29, 1.82) is 0 Å². The topological polar surface area (TPSA) is 51.8 Å². The predicted molar refractivity (Wildman–Crippen MR) is 69.3 cm³/mol. The molecule has 2 rings (SSSR count). The molecule has 1 aromatic carbocycles. The molecule has 0 fully saturated rings. The van der Waals surface area contributed by atoms with Crippen LogP contribution in [0, 0.1) is 6.92 Å². The van der Waals surface area contributed by atoms with Gasteiger partial charge in [0.2, 0.25) is 0 Å². The third kappa shape index (κ3) is 2.18. The number of rotatable bonds is 1. The Labute approximate surface area is 107 Å². The van der Waals surface area contributed by atoms with Crippen LogP contribution in [0.4, 0.5) is 5.82 Å². The average Bonchev–Trinajstić information content (AvgIpc) is 2.26. The summed E-state index contributed by atoms with van der Waals surface area (Å²) in [5.41, 5.74) is 7.48. The summed E-state index contributed by atoms with van der Waals surface area (Å²) >= 11 is 9.14. The molecule has 16 heavy (non-hydrogen) atoms. The number of aryl methyl sites for hydroxylation is 1. The fourth-order valence-electron chi connectivity index (χ4n) is 1.31. The fourth-order valence-corrected chi connectivity index (χ4v) is 1.61. The lowest BCUT2D eigenvalue weighted by molar-refractivity contribution is 1.10. The third-order valence-electron chi connectivity index (χ3n) is 2.14. The Hall–Kier alpha value is -1.13. The maximum atomic E-state index is 5.81. The Morgan fingerprint density at radius 2 is 1.81 bits per heavy atom. The van der Waals surface area contributed by atoms with Crippen LogP contribution in [-0.4, -0.2) is 9.97 Å². The average molecular weight is 299 g/mol. The third-order valence-corrected chi connectivity index (χ3v) is 3.38. The Morgan fingerprint density at radius 1 is 1.19 bits per heavy atom. The number of nitrogens with zero attached hydrogens (tertiary/aromatic N) is 2. The minimum atomic E-state index is 0.442. The van der Waals surface area contributed by atoms with E-state index in [-0.39, 0.29) is 0 Å². The van der Waals surface area contributed by atoms with Crippen LogP contribution in [-0.2, 0) is 0 Å². The first-order valence-corrected chi connectivity index (χ1v) is 5.80. The van der Waals surface area contributed by atoms with E-state index in [9.17, 15) is 0 Å². The molecule has 1 heterocycles. The molecule has 2 N–H and O–H groups in total. The lowest BCUT2D eigenvalue weighted by atomic mass is 10.2. The number of benzene rings is 1. The summed E-state index contributed by atoms with van der Waals surface area (Å²) in [6.45, 7) is 1.88. The van der Waals surface area contributed by atoms with Crippen LogP contribution in [0.3, 0.4) is 0 Å². The number of halogens is 2. The van der Waals surface area contributed by atoms with Crippen LogP contribution in [0.2, 0.25) is 5.02 Å². The summed E-state index contributed by atoms with van der Waals surface area (Å²) in [7, 11) is 0. The molecule has 0 radical (unpaired) electrons. The van der Waals surface area contributed by atoms with Gasteiger partial charge in [0.15, 0.2) is 5.82 Å². The van der Waals surface area contributed by atoms with Crippen LogP contribution < -0.4 is 5.73 Å². The molecule has 0 amide bonds. The smallest absolute Gasteiger partial charge is 0.161 e. The molecule has 0 aliphatic rings. The minimum Gasteiger partial charge on any atom is -0.383 e. The molecule has 0 aliphatic carbocycles. The number of nitrogen functional groups attached to an aromatic ring is 1. The number of aromatic nitrogens is 2. The van der Waals surface area contributed by atoms with Crippen molar-refractivity contribution in [1.82, 2.24) is 9.97 Å². The van der Waals surface area contributed by atoms with Gasteiger partial charge in [0, 0.05) is 10.6 Å². The van der Waals surface area contributed by atoms with E-state index in [1.165, 1.54) is 0 Å². The zero-order valence-corrected chi connectivity index (χ0v) is 10.9. The molecule has 0 atom stereocenters. The Kier molecular flexibility index (Phi) is 3.12. The van der Waals surface area contributed by atoms with Gasteiger partial charge in [-0.2, -0.15) is 0 Å². The maximum absolute atomic E-state index is 5.81. The SMILES string of the molecule is Cc1nc(-c2ccc(Cl)cc2)nc(N)c1Br. The lowest BCUT2D eigenvalue weighted by Crippen LogP contribution is -1.99. The molecule has 2 aromatic rings. The van der Waals surface area contributed by atoms with E-state index in [2.05, 4.69) is 25.9 Å².